The normalized spacial score (nSPS) is 9.75. The number of aromatic nitrogens is 1. The summed E-state index contributed by atoms with van der Waals surface area (Å²) in [5, 5.41) is 9.85. The molecule has 0 amide bonds. The third kappa shape index (κ3) is 0.928. The van der Waals surface area contributed by atoms with Crippen LogP contribution in [0, 0.1) is 6.92 Å². The molecule has 0 aliphatic heterocycles. The van der Waals surface area contributed by atoms with Gasteiger partial charge in [0.15, 0.2) is 5.15 Å². The van der Waals surface area contributed by atoms with Crippen molar-refractivity contribution in [1.82, 2.24) is 4.98 Å². The van der Waals surface area contributed by atoms with Crippen LogP contribution in [0.2, 0.25) is 5.15 Å². The molecule has 1 aromatic rings. The van der Waals surface area contributed by atoms with E-state index in [1.54, 1.807) is 6.92 Å². The van der Waals surface area contributed by atoms with E-state index in [1.165, 1.54) is 11.3 Å². The SMILES string of the molecule is Cc1nc(Cl)c(O)s1. The molecular formula is C4H4ClNOS. The van der Waals surface area contributed by atoms with Crippen molar-refractivity contribution in [2.75, 3.05) is 0 Å². The fourth-order valence-corrected chi connectivity index (χ4v) is 1.23. The molecule has 0 saturated carbocycles. The fraction of sp³-hybridized carbons (Fsp3) is 0.250. The molecular weight excluding hydrogens is 146 g/mol. The number of nitrogens with zero attached hydrogens (tertiary/aromatic N) is 1. The van der Waals surface area contributed by atoms with E-state index in [0.717, 1.165) is 5.01 Å². The van der Waals surface area contributed by atoms with E-state index in [1.807, 2.05) is 0 Å². The van der Waals surface area contributed by atoms with Crippen LogP contribution in [-0.2, 0) is 0 Å². The summed E-state index contributed by atoms with van der Waals surface area (Å²) in [5.41, 5.74) is 0. The van der Waals surface area contributed by atoms with Crippen molar-refractivity contribution in [1.29, 1.82) is 0 Å². The van der Waals surface area contributed by atoms with Crippen LogP contribution in [-0.4, -0.2) is 10.1 Å². The molecule has 1 N–H and O–H groups in total. The average molecular weight is 150 g/mol. The Morgan fingerprint density at radius 3 is 2.50 bits per heavy atom. The quantitative estimate of drug-likeness (QED) is 0.611. The van der Waals surface area contributed by atoms with Crippen molar-refractivity contribution in [3.63, 3.8) is 0 Å². The van der Waals surface area contributed by atoms with E-state index >= 15 is 0 Å². The van der Waals surface area contributed by atoms with Gasteiger partial charge in [-0.2, -0.15) is 0 Å². The molecule has 0 fully saturated rings. The standard InChI is InChI=1S/C4H4ClNOS/c1-2-6-3(5)4(7)8-2/h7H,1H3. The van der Waals surface area contributed by atoms with Crippen LogP contribution in [0.15, 0.2) is 0 Å². The van der Waals surface area contributed by atoms with E-state index in [4.69, 9.17) is 16.7 Å². The first-order chi connectivity index (χ1) is 3.70. The number of thiazole rings is 1. The van der Waals surface area contributed by atoms with Gasteiger partial charge in [0.25, 0.3) is 0 Å². The summed E-state index contributed by atoms with van der Waals surface area (Å²) in [4.78, 5) is 3.74. The number of halogens is 1. The lowest BCUT2D eigenvalue weighted by Crippen LogP contribution is -1.62. The molecule has 4 heteroatoms. The Kier molecular flexibility index (Phi) is 1.40. The molecule has 0 saturated heterocycles. The van der Waals surface area contributed by atoms with Crippen LogP contribution in [0.5, 0.6) is 5.06 Å². The van der Waals surface area contributed by atoms with E-state index < -0.39 is 0 Å². The van der Waals surface area contributed by atoms with Gasteiger partial charge in [-0.05, 0) is 6.92 Å². The van der Waals surface area contributed by atoms with Crippen molar-refractivity contribution in [2.24, 2.45) is 0 Å². The van der Waals surface area contributed by atoms with Crippen LogP contribution in [0.3, 0.4) is 0 Å². The Hall–Kier alpha value is -0.280. The van der Waals surface area contributed by atoms with Gasteiger partial charge in [0.2, 0.25) is 5.06 Å². The molecule has 0 radical (unpaired) electrons. The van der Waals surface area contributed by atoms with Crippen LogP contribution < -0.4 is 0 Å². The Morgan fingerprint density at radius 1 is 1.75 bits per heavy atom. The maximum absolute atomic E-state index is 8.76. The zero-order chi connectivity index (χ0) is 6.15. The number of rotatable bonds is 0. The first-order valence-electron chi connectivity index (χ1n) is 2.02. The van der Waals surface area contributed by atoms with Crippen molar-refractivity contribution in [2.45, 2.75) is 6.92 Å². The van der Waals surface area contributed by atoms with Gasteiger partial charge in [-0.1, -0.05) is 22.9 Å². The second kappa shape index (κ2) is 1.91. The van der Waals surface area contributed by atoms with Crippen molar-refractivity contribution in [3.05, 3.63) is 10.2 Å². The van der Waals surface area contributed by atoms with Gasteiger partial charge in [-0.15, -0.1) is 0 Å². The molecule has 8 heavy (non-hydrogen) atoms. The predicted octanol–water partition coefficient (Wildman–Crippen LogP) is 1.81. The van der Waals surface area contributed by atoms with Crippen LogP contribution >= 0.6 is 22.9 Å². The highest BCUT2D eigenvalue weighted by molar-refractivity contribution is 7.13. The molecule has 0 aliphatic carbocycles. The molecule has 1 heterocycles. The second-order valence-corrected chi connectivity index (χ2v) is 2.87. The minimum Gasteiger partial charge on any atom is -0.497 e. The maximum atomic E-state index is 8.76. The number of hydrogen-bond donors (Lipinski definition) is 1. The number of aromatic hydroxyl groups is 1. The maximum Gasteiger partial charge on any atom is 0.211 e. The predicted molar refractivity (Wildman–Crippen MR) is 33.5 cm³/mol. The Bertz CT molecular complexity index is 178. The van der Waals surface area contributed by atoms with Gasteiger partial charge < -0.3 is 5.11 Å². The van der Waals surface area contributed by atoms with Crippen molar-refractivity contribution in [3.8, 4) is 5.06 Å². The Labute approximate surface area is 55.8 Å². The molecule has 1 aromatic heterocycles. The zero-order valence-electron chi connectivity index (χ0n) is 4.18. The van der Waals surface area contributed by atoms with Gasteiger partial charge in [-0.25, -0.2) is 4.98 Å². The summed E-state index contributed by atoms with van der Waals surface area (Å²) in [7, 11) is 0. The molecule has 0 spiro atoms. The highest BCUT2D eigenvalue weighted by Gasteiger charge is 2.01. The first kappa shape index (κ1) is 5.85. The summed E-state index contributed by atoms with van der Waals surface area (Å²) < 4.78 is 0. The molecule has 1 rings (SSSR count). The largest absolute Gasteiger partial charge is 0.497 e. The third-order valence-corrected chi connectivity index (χ3v) is 1.83. The summed E-state index contributed by atoms with van der Waals surface area (Å²) in [6, 6.07) is 0. The fourth-order valence-electron chi connectivity index (χ4n) is 0.391. The first-order valence-corrected chi connectivity index (χ1v) is 3.21. The van der Waals surface area contributed by atoms with Crippen LogP contribution in [0.1, 0.15) is 5.01 Å². The second-order valence-electron chi connectivity index (χ2n) is 1.33. The van der Waals surface area contributed by atoms with E-state index in [0.29, 0.717) is 0 Å². The smallest absolute Gasteiger partial charge is 0.211 e. The molecule has 44 valence electrons. The van der Waals surface area contributed by atoms with Gasteiger partial charge in [0, 0.05) is 0 Å². The van der Waals surface area contributed by atoms with E-state index in [2.05, 4.69) is 4.98 Å². The minimum atomic E-state index is 0.101. The lowest BCUT2D eigenvalue weighted by molar-refractivity contribution is 0.489. The Balaban J connectivity index is 3.14. The summed E-state index contributed by atoms with van der Waals surface area (Å²) >= 11 is 6.56. The highest BCUT2D eigenvalue weighted by Crippen LogP contribution is 2.28. The molecule has 0 atom stereocenters. The monoisotopic (exact) mass is 149 g/mol. The average Bonchev–Trinajstić information content (AvgIpc) is 1.85. The molecule has 0 bridgehead atoms. The van der Waals surface area contributed by atoms with E-state index in [9.17, 15) is 0 Å². The van der Waals surface area contributed by atoms with Crippen molar-refractivity contribution >= 4 is 22.9 Å². The topological polar surface area (TPSA) is 33.1 Å². The summed E-state index contributed by atoms with van der Waals surface area (Å²) in [6.07, 6.45) is 0. The summed E-state index contributed by atoms with van der Waals surface area (Å²) in [5.74, 6) is 0. The third-order valence-electron chi connectivity index (χ3n) is 0.676. The number of aryl methyl sites for hydroxylation is 1. The summed E-state index contributed by atoms with van der Waals surface area (Å²) in [6.45, 7) is 1.79. The molecule has 0 aromatic carbocycles. The van der Waals surface area contributed by atoms with Crippen molar-refractivity contribution < 1.29 is 5.11 Å². The van der Waals surface area contributed by atoms with Gasteiger partial charge >= 0.3 is 0 Å². The van der Waals surface area contributed by atoms with Crippen LogP contribution in [0.4, 0.5) is 0 Å². The highest BCUT2D eigenvalue weighted by atomic mass is 35.5. The van der Waals surface area contributed by atoms with E-state index in [-0.39, 0.29) is 10.2 Å². The molecule has 2 nitrogen and oxygen atoms in total. The van der Waals surface area contributed by atoms with Gasteiger partial charge in [0.05, 0.1) is 5.01 Å². The Morgan fingerprint density at radius 2 is 2.38 bits per heavy atom. The van der Waals surface area contributed by atoms with Crippen LogP contribution in [0.25, 0.3) is 0 Å². The molecule has 0 aliphatic rings. The van der Waals surface area contributed by atoms with Gasteiger partial charge in [0.1, 0.15) is 0 Å². The minimum absolute atomic E-state index is 0.101. The zero-order valence-corrected chi connectivity index (χ0v) is 5.75. The lowest BCUT2D eigenvalue weighted by atomic mass is 10.8. The number of hydrogen-bond acceptors (Lipinski definition) is 3. The lowest BCUT2D eigenvalue weighted by Gasteiger charge is -1.74. The van der Waals surface area contributed by atoms with Gasteiger partial charge in [-0.3, -0.25) is 0 Å². The molecule has 0 unspecified atom stereocenters.